The highest BCUT2D eigenvalue weighted by atomic mass is 16.7. The van der Waals surface area contributed by atoms with E-state index in [1.54, 1.807) is 12.4 Å². The van der Waals surface area contributed by atoms with Crippen molar-refractivity contribution in [2.24, 2.45) is 0 Å². The first-order valence-electron chi connectivity index (χ1n) is 8.48. The van der Waals surface area contributed by atoms with Gasteiger partial charge in [-0.2, -0.15) is 0 Å². The van der Waals surface area contributed by atoms with Gasteiger partial charge in [0.05, 0.1) is 28.8 Å². The zero-order valence-electron chi connectivity index (χ0n) is 14.7. The molecular weight excluding hydrogens is 303 g/mol. The Morgan fingerprint density at radius 1 is 1.08 bits per heavy atom. The van der Waals surface area contributed by atoms with Crippen molar-refractivity contribution in [2.75, 3.05) is 0 Å². The molecule has 0 aromatic carbocycles. The van der Waals surface area contributed by atoms with Crippen molar-refractivity contribution < 1.29 is 9.31 Å². The van der Waals surface area contributed by atoms with E-state index >= 15 is 0 Å². The van der Waals surface area contributed by atoms with Gasteiger partial charge in [0, 0.05) is 18.6 Å². The van der Waals surface area contributed by atoms with E-state index in [4.69, 9.17) is 9.31 Å². The molecule has 1 saturated carbocycles. The lowest BCUT2D eigenvalue weighted by molar-refractivity contribution is 0.00578. The van der Waals surface area contributed by atoms with Crippen molar-refractivity contribution in [3.05, 3.63) is 42.0 Å². The minimum Gasteiger partial charge on any atom is -0.403 e. The van der Waals surface area contributed by atoms with Gasteiger partial charge in [0.15, 0.2) is 0 Å². The highest BCUT2D eigenvalue weighted by Crippen LogP contribution is 2.54. The molecule has 2 fully saturated rings. The summed E-state index contributed by atoms with van der Waals surface area (Å²) in [6, 6.07) is 3.98. The van der Waals surface area contributed by atoms with E-state index in [9.17, 15) is 0 Å². The minimum atomic E-state index is -0.319. The molecule has 126 valence electrons. The Kier molecular flexibility index (Phi) is 3.38. The predicted molar refractivity (Wildman–Crippen MR) is 90.4 cm³/mol. The summed E-state index contributed by atoms with van der Waals surface area (Å²) in [7, 11) is -0.256. The molecule has 3 heterocycles. The van der Waals surface area contributed by atoms with Crippen LogP contribution in [0.5, 0.6) is 0 Å². The van der Waals surface area contributed by atoms with Crippen molar-refractivity contribution in [3.8, 4) is 0 Å². The first-order valence-corrected chi connectivity index (χ1v) is 8.48. The summed E-state index contributed by atoms with van der Waals surface area (Å²) < 4.78 is 14.4. The zero-order valence-corrected chi connectivity index (χ0v) is 14.7. The Hall–Kier alpha value is -1.73. The smallest absolute Gasteiger partial charge is 0.403 e. The second-order valence-corrected chi connectivity index (χ2v) is 7.90. The van der Waals surface area contributed by atoms with Gasteiger partial charge in [-0.1, -0.05) is 5.21 Å². The third-order valence-corrected chi connectivity index (χ3v) is 5.64. The average molecular weight is 326 g/mol. The molecule has 0 atom stereocenters. The number of rotatable bonds is 4. The van der Waals surface area contributed by atoms with Crippen molar-refractivity contribution >= 4 is 7.12 Å². The lowest BCUT2D eigenvalue weighted by Gasteiger charge is -2.32. The lowest BCUT2D eigenvalue weighted by atomic mass is 9.66. The molecule has 24 heavy (non-hydrogen) atoms. The van der Waals surface area contributed by atoms with Crippen LogP contribution in [-0.4, -0.2) is 38.3 Å². The SMILES string of the molecule is CC1(C)OB(C2(c3cn(Cc4ccncc4)nn3)CC2)OC1(C)C. The molecule has 1 aliphatic carbocycles. The van der Waals surface area contributed by atoms with Gasteiger partial charge in [-0.05, 0) is 58.2 Å². The summed E-state index contributed by atoms with van der Waals surface area (Å²) >= 11 is 0. The van der Waals surface area contributed by atoms with Gasteiger partial charge in [-0.15, -0.1) is 5.10 Å². The molecule has 0 N–H and O–H groups in total. The highest BCUT2D eigenvalue weighted by molar-refractivity contribution is 6.51. The molecule has 0 radical (unpaired) electrons. The average Bonchev–Trinajstić information content (AvgIpc) is 3.14. The maximum absolute atomic E-state index is 6.27. The van der Waals surface area contributed by atoms with Crippen LogP contribution in [0.4, 0.5) is 0 Å². The Labute approximate surface area is 142 Å². The van der Waals surface area contributed by atoms with Crippen LogP contribution in [0.3, 0.4) is 0 Å². The summed E-state index contributed by atoms with van der Waals surface area (Å²) in [5.74, 6) is 0. The monoisotopic (exact) mass is 326 g/mol. The molecule has 2 aromatic heterocycles. The molecule has 4 rings (SSSR count). The second-order valence-electron chi connectivity index (χ2n) is 7.90. The Morgan fingerprint density at radius 2 is 1.71 bits per heavy atom. The van der Waals surface area contributed by atoms with Gasteiger partial charge < -0.3 is 9.31 Å². The van der Waals surface area contributed by atoms with Crippen LogP contribution in [0.25, 0.3) is 0 Å². The lowest BCUT2D eigenvalue weighted by Crippen LogP contribution is -2.41. The van der Waals surface area contributed by atoms with E-state index in [-0.39, 0.29) is 23.6 Å². The van der Waals surface area contributed by atoms with Crippen molar-refractivity contribution in [1.82, 2.24) is 20.0 Å². The Morgan fingerprint density at radius 3 is 2.29 bits per heavy atom. The van der Waals surface area contributed by atoms with Crippen LogP contribution in [-0.2, 0) is 21.2 Å². The van der Waals surface area contributed by atoms with E-state index in [1.165, 1.54) is 0 Å². The predicted octanol–water partition coefficient (Wildman–Crippen LogP) is 2.38. The maximum atomic E-state index is 6.27. The molecule has 1 saturated heterocycles. The van der Waals surface area contributed by atoms with Crippen molar-refractivity contribution in [1.29, 1.82) is 0 Å². The topological polar surface area (TPSA) is 62.1 Å². The van der Waals surface area contributed by atoms with Gasteiger partial charge in [0.25, 0.3) is 0 Å². The maximum Gasteiger partial charge on any atom is 0.470 e. The molecule has 6 nitrogen and oxygen atoms in total. The summed E-state index contributed by atoms with van der Waals surface area (Å²) in [5.41, 5.74) is 1.48. The summed E-state index contributed by atoms with van der Waals surface area (Å²) in [5, 5.41) is 8.57. The molecule has 1 aliphatic heterocycles. The second kappa shape index (κ2) is 5.13. The molecule has 0 bridgehead atoms. The highest BCUT2D eigenvalue weighted by Gasteiger charge is 2.66. The first kappa shape index (κ1) is 15.8. The standard InChI is InChI=1S/C17H23BN4O2/c1-15(2)16(3,4)24-18(23-15)17(7-8-17)14-12-22(21-20-14)11-13-5-9-19-10-6-13/h5-6,9-10,12H,7-8,11H2,1-4H3. The fourth-order valence-electron chi connectivity index (χ4n) is 3.09. The minimum absolute atomic E-state index is 0.151. The molecule has 0 spiro atoms. The summed E-state index contributed by atoms with van der Waals surface area (Å²) in [6.45, 7) is 9.04. The van der Waals surface area contributed by atoms with Gasteiger partial charge in [-0.3, -0.25) is 4.98 Å². The van der Waals surface area contributed by atoms with Gasteiger partial charge in [-0.25, -0.2) is 4.68 Å². The third-order valence-electron chi connectivity index (χ3n) is 5.64. The molecule has 2 aliphatic rings. The van der Waals surface area contributed by atoms with Crippen LogP contribution in [0.2, 0.25) is 0 Å². The normalized spacial score (nSPS) is 23.4. The van der Waals surface area contributed by atoms with E-state index in [0.717, 1.165) is 24.1 Å². The quantitative estimate of drug-likeness (QED) is 0.807. The molecule has 2 aromatic rings. The largest absolute Gasteiger partial charge is 0.470 e. The summed E-state index contributed by atoms with van der Waals surface area (Å²) in [4.78, 5) is 4.04. The first-order chi connectivity index (χ1) is 11.3. The number of hydrogen-bond acceptors (Lipinski definition) is 5. The third kappa shape index (κ3) is 2.47. The number of aromatic nitrogens is 4. The van der Waals surface area contributed by atoms with Gasteiger partial charge in [0.1, 0.15) is 0 Å². The Bertz CT molecular complexity index is 724. The van der Waals surface area contributed by atoms with Crippen LogP contribution in [0.1, 0.15) is 51.8 Å². The van der Waals surface area contributed by atoms with E-state index in [0.29, 0.717) is 6.54 Å². The fourth-order valence-corrected chi connectivity index (χ4v) is 3.09. The molecule has 0 amide bonds. The van der Waals surface area contributed by atoms with Crippen LogP contribution < -0.4 is 0 Å². The van der Waals surface area contributed by atoms with Gasteiger partial charge >= 0.3 is 7.12 Å². The molecule has 0 unspecified atom stereocenters. The van der Waals surface area contributed by atoms with E-state index in [1.807, 2.05) is 23.0 Å². The summed E-state index contributed by atoms with van der Waals surface area (Å²) in [6.07, 6.45) is 7.66. The van der Waals surface area contributed by atoms with Gasteiger partial charge in [0.2, 0.25) is 0 Å². The van der Waals surface area contributed by atoms with Crippen molar-refractivity contribution in [2.45, 2.75) is 63.6 Å². The fraction of sp³-hybridized carbons (Fsp3) is 0.588. The van der Waals surface area contributed by atoms with E-state index in [2.05, 4.69) is 43.0 Å². The molecular formula is C17H23BN4O2. The Balaban J connectivity index is 1.54. The van der Waals surface area contributed by atoms with Crippen LogP contribution >= 0.6 is 0 Å². The zero-order chi connectivity index (χ0) is 17.0. The van der Waals surface area contributed by atoms with Crippen molar-refractivity contribution in [3.63, 3.8) is 0 Å². The number of pyridine rings is 1. The number of nitrogens with zero attached hydrogens (tertiary/aromatic N) is 4. The number of hydrogen-bond donors (Lipinski definition) is 0. The van der Waals surface area contributed by atoms with Crippen LogP contribution in [0, 0.1) is 0 Å². The molecule has 7 heteroatoms. The van der Waals surface area contributed by atoms with Crippen LogP contribution in [0.15, 0.2) is 30.7 Å². The van der Waals surface area contributed by atoms with E-state index < -0.39 is 0 Å².